The summed E-state index contributed by atoms with van der Waals surface area (Å²) in [6.45, 7) is 2.98. The van der Waals surface area contributed by atoms with Crippen LogP contribution in [0.3, 0.4) is 0 Å². The third kappa shape index (κ3) is 2.81. The summed E-state index contributed by atoms with van der Waals surface area (Å²) in [5, 5.41) is 4.28. The van der Waals surface area contributed by atoms with Gasteiger partial charge >= 0.3 is 0 Å². The summed E-state index contributed by atoms with van der Waals surface area (Å²) >= 11 is 6.88. The standard InChI is InChI=1S/C12H14Br2N4/c1-2-5-18-10(3-4-17-18)11(15)12-9(14)6-8(13)7-16-12/h3-4,6-7,11H,2,5,15H2,1H3. The molecule has 0 fully saturated rings. The fourth-order valence-corrected chi connectivity index (χ4v) is 3.03. The second-order valence-electron chi connectivity index (χ2n) is 3.98. The third-order valence-corrected chi connectivity index (χ3v) is 3.70. The van der Waals surface area contributed by atoms with E-state index in [0.29, 0.717) is 0 Å². The van der Waals surface area contributed by atoms with Gasteiger partial charge in [0.25, 0.3) is 0 Å². The van der Waals surface area contributed by atoms with Crippen LogP contribution in [0.4, 0.5) is 0 Å². The van der Waals surface area contributed by atoms with Crippen LogP contribution >= 0.6 is 31.9 Å². The molecule has 2 rings (SSSR count). The van der Waals surface area contributed by atoms with Crippen LogP contribution in [-0.2, 0) is 6.54 Å². The monoisotopic (exact) mass is 372 g/mol. The minimum atomic E-state index is -0.276. The number of nitrogens with zero attached hydrogens (tertiary/aromatic N) is 3. The fourth-order valence-electron chi connectivity index (χ4n) is 1.80. The van der Waals surface area contributed by atoms with Crippen LogP contribution in [0, 0.1) is 0 Å². The third-order valence-electron chi connectivity index (χ3n) is 2.63. The van der Waals surface area contributed by atoms with Gasteiger partial charge in [-0.15, -0.1) is 0 Å². The maximum absolute atomic E-state index is 6.27. The summed E-state index contributed by atoms with van der Waals surface area (Å²) < 4.78 is 3.75. The number of rotatable bonds is 4. The molecule has 1 atom stereocenters. The molecule has 0 amide bonds. The predicted octanol–water partition coefficient (Wildman–Crippen LogP) is 3.26. The molecule has 0 saturated carbocycles. The molecule has 0 aliphatic carbocycles. The molecule has 6 heteroatoms. The van der Waals surface area contributed by atoms with Crippen LogP contribution in [0.2, 0.25) is 0 Å². The summed E-state index contributed by atoms with van der Waals surface area (Å²) in [6.07, 6.45) is 4.55. The van der Waals surface area contributed by atoms with E-state index in [4.69, 9.17) is 5.73 Å². The molecule has 1 unspecified atom stereocenters. The second-order valence-corrected chi connectivity index (χ2v) is 5.75. The topological polar surface area (TPSA) is 56.7 Å². The Morgan fingerprint density at radius 2 is 2.22 bits per heavy atom. The predicted molar refractivity (Wildman–Crippen MR) is 78.2 cm³/mol. The van der Waals surface area contributed by atoms with Crippen LogP contribution in [0.25, 0.3) is 0 Å². The Hall–Kier alpha value is -0.720. The quantitative estimate of drug-likeness (QED) is 0.894. The van der Waals surface area contributed by atoms with Crippen LogP contribution in [0.5, 0.6) is 0 Å². The highest BCUT2D eigenvalue weighted by Gasteiger charge is 2.17. The van der Waals surface area contributed by atoms with Gasteiger partial charge in [-0.1, -0.05) is 6.92 Å². The van der Waals surface area contributed by atoms with Crippen LogP contribution in [0.1, 0.15) is 30.8 Å². The van der Waals surface area contributed by atoms with Gasteiger partial charge in [0.2, 0.25) is 0 Å². The highest BCUT2D eigenvalue weighted by atomic mass is 79.9. The zero-order valence-electron chi connectivity index (χ0n) is 9.98. The summed E-state index contributed by atoms with van der Waals surface area (Å²) in [7, 11) is 0. The van der Waals surface area contributed by atoms with Gasteiger partial charge in [-0.05, 0) is 50.4 Å². The largest absolute Gasteiger partial charge is 0.318 e. The minimum Gasteiger partial charge on any atom is -0.318 e. The van der Waals surface area contributed by atoms with Crippen LogP contribution in [-0.4, -0.2) is 14.8 Å². The molecule has 2 N–H and O–H groups in total. The van der Waals surface area contributed by atoms with E-state index in [1.807, 2.05) is 16.8 Å². The number of halogens is 2. The zero-order valence-corrected chi connectivity index (χ0v) is 13.1. The lowest BCUT2D eigenvalue weighted by atomic mass is 10.1. The molecule has 0 radical (unpaired) electrons. The first-order valence-electron chi connectivity index (χ1n) is 5.71. The van der Waals surface area contributed by atoms with Gasteiger partial charge in [0.1, 0.15) is 0 Å². The van der Waals surface area contributed by atoms with Crippen molar-refractivity contribution in [3.05, 3.63) is 44.9 Å². The zero-order chi connectivity index (χ0) is 13.1. The molecule has 0 aliphatic rings. The van der Waals surface area contributed by atoms with E-state index >= 15 is 0 Å². The van der Waals surface area contributed by atoms with E-state index in [9.17, 15) is 0 Å². The molecule has 4 nitrogen and oxygen atoms in total. The highest BCUT2D eigenvalue weighted by Crippen LogP contribution is 2.27. The summed E-state index contributed by atoms with van der Waals surface area (Å²) in [5.74, 6) is 0. The molecule has 0 aromatic carbocycles. The van der Waals surface area contributed by atoms with Crippen molar-refractivity contribution < 1.29 is 0 Å². The van der Waals surface area contributed by atoms with Crippen molar-refractivity contribution in [2.24, 2.45) is 5.73 Å². The Labute approximate surface area is 123 Å². The lowest BCUT2D eigenvalue weighted by molar-refractivity contribution is 0.556. The normalized spacial score (nSPS) is 12.7. The van der Waals surface area contributed by atoms with Crippen molar-refractivity contribution >= 4 is 31.9 Å². The van der Waals surface area contributed by atoms with E-state index in [-0.39, 0.29) is 6.04 Å². The molecule has 0 aliphatic heterocycles. The van der Waals surface area contributed by atoms with Crippen molar-refractivity contribution in [2.45, 2.75) is 25.9 Å². The Bertz CT molecular complexity index is 539. The average Bonchev–Trinajstić information content (AvgIpc) is 2.77. The Morgan fingerprint density at radius 3 is 2.89 bits per heavy atom. The maximum atomic E-state index is 6.27. The van der Waals surface area contributed by atoms with Crippen LogP contribution < -0.4 is 5.73 Å². The highest BCUT2D eigenvalue weighted by molar-refractivity contribution is 9.11. The maximum Gasteiger partial charge on any atom is 0.0908 e. The van der Waals surface area contributed by atoms with Gasteiger partial charge < -0.3 is 5.73 Å². The number of hydrogen-bond donors (Lipinski definition) is 1. The van der Waals surface area contributed by atoms with E-state index in [2.05, 4.69) is 48.9 Å². The number of nitrogens with two attached hydrogens (primary N) is 1. The summed E-state index contributed by atoms with van der Waals surface area (Å²) in [6, 6.07) is 3.61. The number of aryl methyl sites for hydroxylation is 1. The molecule has 96 valence electrons. The van der Waals surface area contributed by atoms with Gasteiger partial charge in [0, 0.05) is 27.9 Å². The lowest BCUT2D eigenvalue weighted by Gasteiger charge is -2.15. The van der Waals surface area contributed by atoms with Crippen molar-refractivity contribution in [1.29, 1.82) is 0 Å². The van der Waals surface area contributed by atoms with Gasteiger partial charge in [0.05, 0.1) is 17.4 Å². The SMILES string of the molecule is CCCn1nccc1C(N)c1ncc(Br)cc1Br. The molecule has 2 heterocycles. The first kappa shape index (κ1) is 13.7. The molecule has 0 bridgehead atoms. The molecule has 0 saturated heterocycles. The average molecular weight is 374 g/mol. The van der Waals surface area contributed by atoms with Crippen molar-refractivity contribution in [3.63, 3.8) is 0 Å². The van der Waals surface area contributed by atoms with Gasteiger partial charge in [-0.25, -0.2) is 0 Å². The van der Waals surface area contributed by atoms with E-state index in [1.54, 1.807) is 12.4 Å². The fraction of sp³-hybridized carbons (Fsp3) is 0.333. The van der Waals surface area contributed by atoms with Gasteiger partial charge in [-0.3, -0.25) is 9.67 Å². The van der Waals surface area contributed by atoms with Gasteiger partial charge in [-0.2, -0.15) is 5.10 Å². The van der Waals surface area contributed by atoms with Crippen molar-refractivity contribution in [3.8, 4) is 0 Å². The number of pyridine rings is 1. The molecular formula is C12H14Br2N4. The second kappa shape index (κ2) is 5.95. The molecule has 2 aromatic rings. The Balaban J connectivity index is 2.35. The minimum absolute atomic E-state index is 0.276. The Morgan fingerprint density at radius 1 is 1.44 bits per heavy atom. The van der Waals surface area contributed by atoms with Crippen LogP contribution in [0.15, 0.2) is 33.5 Å². The molecule has 18 heavy (non-hydrogen) atoms. The lowest BCUT2D eigenvalue weighted by Crippen LogP contribution is -2.19. The van der Waals surface area contributed by atoms with Gasteiger partial charge in [0.15, 0.2) is 0 Å². The first-order chi connectivity index (χ1) is 8.63. The van der Waals surface area contributed by atoms with Crippen molar-refractivity contribution in [1.82, 2.24) is 14.8 Å². The summed E-state index contributed by atoms with van der Waals surface area (Å²) in [5.41, 5.74) is 8.07. The Kier molecular flexibility index (Phi) is 4.53. The van der Waals surface area contributed by atoms with E-state index < -0.39 is 0 Å². The summed E-state index contributed by atoms with van der Waals surface area (Å²) in [4.78, 5) is 4.38. The smallest absolute Gasteiger partial charge is 0.0908 e. The van der Waals surface area contributed by atoms with Crippen molar-refractivity contribution in [2.75, 3.05) is 0 Å². The molecular weight excluding hydrogens is 360 g/mol. The number of hydrogen-bond acceptors (Lipinski definition) is 3. The van der Waals surface area contributed by atoms with E-state index in [0.717, 1.165) is 33.3 Å². The van der Waals surface area contributed by atoms with E-state index in [1.165, 1.54) is 0 Å². The molecule has 0 spiro atoms. The number of aromatic nitrogens is 3. The first-order valence-corrected chi connectivity index (χ1v) is 7.30. The molecule has 2 aromatic heterocycles.